The Kier molecular flexibility index (Phi) is 4.51. The van der Waals surface area contributed by atoms with Gasteiger partial charge in [-0.2, -0.15) is 5.10 Å². The van der Waals surface area contributed by atoms with E-state index in [0.29, 0.717) is 12.5 Å². The van der Waals surface area contributed by atoms with Gasteiger partial charge in [0, 0.05) is 31.9 Å². The molecular formula is C17H22N8. The van der Waals surface area contributed by atoms with Crippen LogP contribution in [0.4, 0.5) is 0 Å². The van der Waals surface area contributed by atoms with Gasteiger partial charge in [-0.15, -0.1) is 10.2 Å². The molecule has 1 saturated heterocycles. The zero-order valence-corrected chi connectivity index (χ0v) is 14.4. The van der Waals surface area contributed by atoms with Crippen molar-refractivity contribution in [2.75, 3.05) is 13.1 Å². The zero-order valence-electron chi connectivity index (χ0n) is 14.4. The molecule has 130 valence electrons. The van der Waals surface area contributed by atoms with Gasteiger partial charge in [-0.1, -0.05) is 6.07 Å². The highest BCUT2D eigenvalue weighted by Crippen LogP contribution is 2.27. The molecular weight excluding hydrogens is 316 g/mol. The van der Waals surface area contributed by atoms with Crippen LogP contribution in [0.5, 0.6) is 0 Å². The molecule has 3 aromatic rings. The third kappa shape index (κ3) is 3.58. The van der Waals surface area contributed by atoms with Crippen LogP contribution in [0.1, 0.15) is 36.0 Å². The summed E-state index contributed by atoms with van der Waals surface area (Å²) in [5.74, 6) is 2.46. The molecule has 0 radical (unpaired) electrons. The van der Waals surface area contributed by atoms with Crippen LogP contribution in [-0.2, 0) is 20.1 Å². The van der Waals surface area contributed by atoms with E-state index in [9.17, 15) is 0 Å². The molecule has 0 bridgehead atoms. The van der Waals surface area contributed by atoms with Gasteiger partial charge < -0.3 is 4.57 Å². The molecule has 3 aromatic heterocycles. The van der Waals surface area contributed by atoms with Crippen LogP contribution in [0, 0.1) is 0 Å². The van der Waals surface area contributed by atoms with Crippen molar-refractivity contribution in [3.8, 4) is 0 Å². The minimum absolute atomic E-state index is 0.465. The summed E-state index contributed by atoms with van der Waals surface area (Å²) in [4.78, 5) is 10.7. The highest BCUT2D eigenvalue weighted by atomic mass is 15.4. The van der Waals surface area contributed by atoms with E-state index in [1.807, 2.05) is 25.5 Å². The van der Waals surface area contributed by atoms with E-state index >= 15 is 0 Å². The Bertz CT molecular complexity index is 787. The molecule has 25 heavy (non-hydrogen) atoms. The zero-order chi connectivity index (χ0) is 17.1. The number of rotatable bonds is 5. The van der Waals surface area contributed by atoms with Crippen molar-refractivity contribution in [2.45, 2.75) is 31.8 Å². The normalized spacial score (nSPS) is 16.4. The summed E-state index contributed by atoms with van der Waals surface area (Å²) >= 11 is 0. The predicted molar refractivity (Wildman–Crippen MR) is 91.6 cm³/mol. The molecule has 0 amide bonds. The van der Waals surface area contributed by atoms with Crippen LogP contribution in [0.25, 0.3) is 0 Å². The standard InChI is InChI=1S/C17H22N8/c1-23-16(11-25-13-19-12-20-25)21-22-17(23)15-4-7-24(8-5-15)10-14-3-2-6-18-9-14/h2-3,6,9,12-13,15H,4-5,7-8,10-11H2,1H3. The maximum absolute atomic E-state index is 4.45. The van der Waals surface area contributed by atoms with Gasteiger partial charge in [-0.25, -0.2) is 9.67 Å². The molecule has 8 nitrogen and oxygen atoms in total. The molecule has 0 saturated carbocycles. The van der Waals surface area contributed by atoms with Crippen LogP contribution in [0.3, 0.4) is 0 Å². The molecule has 1 aliphatic rings. The van der Waals surface area contributed by atoms with Crippen LogP contribution in [0.15, 0.2) is 37.2 Å². The van der Waals surface area contributed by atoms with Crippen molar-refractivity contribution < 1.29 is 0 Å². The maximum atomic E-state index is 4.45. The smallest absolute Gasteiger partial charge is 0.154 e. The van der Waals surface area contributed by atoms with Gasteiger partial charge in [0.1, 0.15) is 25.0 Å². The first-order valence-electron chi connectivity index (χ1n) is 8.61. The summed E-state index contributed by atoms with van der Waals surface area (Å²) in [6.07, 6.45) is 9.22. The van der Waals surface area contributed by atoms with E-state index in [1.54, 1.807) is 11.0 Å². The lowest BCUT2D eigenvalue weighted by Crippen LogP contribution is -2.33. The van der Waals surface area contributed by atoms with Crippen LogP contribution < -0.4 is 0 Å². The summed E-state index contributed by atoms with van der Waals surface area (Å²) < 4.78 is 3.88. The molecule has 0 N–H and O–H groups in total. The molecule has 0 aliphatic carbocycles. The fourth-order valence-electron chi connectivity index (χ4n) is 3.43. The lowest BCUT2D eigenvalue weighted by atomic mass is 9.95. The fourth-order valence-corrected chi connectivity index (χ4v) is 3.43. The van der Waals surface area contributed by atoms with E-state index in [4.69, 9.17) is 0 Å². The molecule has 0 atom stereocenters. The van der Waals surface area contributed by atoms with Crippen LogP contribution in [-0.4, -0.2) is 52.5 Å². The molecule has 4 rings (SSSR count). The van der Waals surface area contributed by atoms with Crippen molar-refractivity contribution in [3.63, 3.8) is 0 Å². The van der Waals surface area contributed by atoms with E-state index in [-0.39, 0.29) is 0 Å². The van der Waals surface area contributed by atoms with Gasteiger partial charge in [0.2, 0.25) is 0 Å². The van der Waals surface area contributed by atoms with E-state index in [0.717, 1.165) is 44.1 Å². The van der Waals surface area contributed by atoms with Crippen molar-refractivity contribution in [1.82, 2.24) is 39.4 Å². The number of pyridine rings is 1. The van der Waals surface area contributed by atoms with Gasteiger partial charge in [0.15, 0.2) is 5.82 Å². The van der Waals surface area contributed by atoms with Gasteiger partial charge >= 0.3 is 0 Å². The lowest BCUT2D eigenvalue weighted by molar-refractivity contribution is 0.200. The Hall–Kier alpha value is -2.61. The topological polar surface area (TPSA) is 77.5 Å². The molecule has 8 heteroatoms. The highest BCUT2D eigenvalue weighted by molar-refractivity contribution is 5.09. The van der Waals surface area contributed by atoms with Gasteiger partial charge in [0.05, 0.1) is 0 Å². The van der Waals surface area contributed by atoms with Crippen molar-refractivity contribution >= 4 is 0 Å². The number of piperidine rings is 1. The summed E-state index contributed by atoms with van der Waals surface area (Å²) in [5, 5.41) is 12.9. The number of likely N-dealkylation sites (tertiary alicyclic amines) is 1. The Labute approximate surface area is 146 Å². The molecule has 4 heterocycles. The second-order valence-electron chi connectivity index (χ2n) is 6.54. The Morgan fingerprint density at radius 1 is 1.12 bits per heavy atom. The predicted octanol–water partition coefficient (Wildman–Crippen LogP) is 1.23. The summed E-state index contributed by atoms with van der Waals surface area (Å²) in [5.41, 5.74) is 1.27. The van der Waals surface area contributed by atoms with E-state index in [1.165, 1.54) is 11.9 Å². The minimum atomic E-state index is 0.465. The van der Waals surface area contributed by atoms with Crippen LogP contribution in [0.2, 0.25) is 0 Å². The molecule has 0 unspecified atom stereocenters. The van der Waals surface area contributed by atoms with Gasteiger partial charge in [-0.05, 0) is 37.6 Å². The third-order valence-electron chi connectivity index (χ3n) is 4.85. The van der Waals surface area contributed by atoms with Gasteiger partial charge in [0.25, 0.3) is 0 Å². The second kappa shape index (κ2) is 7.10. The van der Waals surface area contributed by atoms with Crippen LogP contribution >= 0.6 is 0 Å². The third-order valence-corrected chi connectivity index (χ3v) is 4.85. The quantitative estimate of drug-likeness (QED) is 0.696. The SMILES string of the molecule is Cn1c(Cn2cncn2)nnc1C1CCN(Cc2cccnc2)CC1. The monoisotopic (exact) mass is 338 g/mol. The van der Waals surface area contributed by atoms with E-state index in [2.05, 4.69) is 40.8 Å². The first-order valence-corrected chi connectivity index (χ1v) is 8.61. The second-order valence-corrected chi connectivity index (χ2v) is 6.54. The van der Waals surface area contributed by atoms with E-state index < -0.39 is 0 Å². The van der Waals surface area contributed by atoms with Crippen molar-refractivity contribution in [3.05, 3.63) is 54.4 Å². The summed E-state index contributed by atoms with van der Waals surface area (Å²) in [6.45, 7) is 3.72. The average molecular weight is 338 g/mol. The first kappa shape index (κ1) is 15.9. The first-order chi connectivity index (χ1) is 12.3. The van der Waals surface area contributed by atoms with Gasteiger partial charge in [-0.3, -0.25) is 9.88 Å². The maximum Gasteiger partial charge on any atom is 0.154 e. The summed E-state index contributed by atoms with van der Waals surface area (Å²) in [7, 11) is 2.05. The molecule has 0 spiro atoms. The molecule has 1 fully saturated rings. The molecule has 1 aliphatic heterocycles. The lowest BCUT2D eigenvalue weighted by Gasteiger charge is -2.31. The van der Waals surface area contributed by atoms with Crippen molar-refractivity contribution in [2.24, 2.45) is 7.05 Å². The summed E-state index contributed by atoms with van der Waals surface area (Å²) in [6, 6.07) is 4.14. The molecule has 0 aromatic carbocycles. The number of aromatic nitrogens is 7. The number of hydrogen-bond acceptors (Lipinski definition) is 6. The highest BCUT2D eigenvalue weighted by Gasteiger charge is 2.25. The van der Waals surface area contributed by atoms with Crippen molar-refractivity contribution in [1.29, 1.82) is 0 Å². The average Bonchev–Trinajstić information content (AvgIpc) is 3.28. The minimum Gasteiger partial charge on any atom is -0.316 e. The number of hydrogen-bond donors (Lipinski definition) is 0. The Morgan fingerprint density at radius 3 is 2.72 bits per heavy atom. The largest absolute Gasteiger partial charge is 0.316 e. The number of nitrogens with zero attached hydrogens (tertiary/aromatic N) is 8. The Morgan fingerprint density at radius 2 is 2.00 bits per heavy atom. The Balaban J connectivity index is 1.37. The fraction of sp³-hybridized carbons (Fsp3) is 0.471.